The fraction of sp³-hybridized carbons (Fsp3) is 0. The van der Waals surface area contributed by atoms with Crippen molar-refractivity contribution in [3.05, 3.63) is 41.9 Å². The Hall–Kier alpha value is -2.79. The van der Waals surface area contributed by atoms with E-state index in [0.717, 1.165) is 0 Å². The van der Waals surface area contributed by atoms with Gasteiger partial charge in [0.2, 0.25) is 0 Å². The molecular formula is C11H4N3O2. The van der Waals surface area contributed by atoms with Gasteiger partial charge in [0.1, 0.15) is 29.6 Å². The van der Waals surface area contributed by atoms with Crippen LogP contribution in [0.2, 0.25) is 0 Å². The maximum Gasteiger partial charge on any atom is 0.311 e. The summed E-state index contributed by atoms with van der Waals surface area (Å²) in [6, 6.07) is 8.55. The number of benzene rings is 1. The normalized spacial score (nSPS) is 9.12. The second-order valence-corrected chi connectivity index (χ2v) is 2.77. The third kappa shape index (κ3) is 1.70. The molecule has 0 unspecified atom stereocenters. The van der Waals surface area contributed by atoms with Gasteiger partial charge in [-0.1, -0.05) is 6.07 Å². The molecule has 16 heavy (non-hydrogen) atoms. The third-order valence-electron chi connectivity index (χ3n) is 1.84. The van der Waals surface area contributed by atoms with E-state index in [9.17, 15) is 0 Å². The summed E-state index contributed by atoms with van der Waals surface area (Å²) < 4.78 is 10.0. The maximum absolute atomic E-state index is 8.92. The number of oxazole rings is 1. The molecule has 0 aliphatic rings. The maximum atomic E-state index is 8.92. The van der Waals surface area contributed by atoms with Crippen LogP contribution < -0.4 is 4.74 Å². The summed E-state index contributed by atoms with van der Waals surface area (Å²) in [4.78, 5) is 3.55. The Balaban J connectivity index is 2.43. The molecule has 0 saturated heterocycles. The van der Waals surface area contributed by atoms with Crippen molar-refractivity contribution in [2.75, 3.05) is 0 Å². The third-order valence-corrected chi connectivity index (χ3v) is 1.84. The summed E-state index contributed by atoms with van der Waals surface area (Å²) in [6.07, 6.45) is 3.54. The predicted molar refractivity (Wildman–Crippen MR) is 51.3 cm³/mol. The van der Waals surface area contributed by atoms with Crippen LogP contribution in [0.25, 0.3) is 0 Å². The van der Waals surface area contributed by atoms with Gasteiger partial charge in [0.15, 0.2) is 0 Å². The monoisotopic (exact) mass is 210 g/mol. The molecule has 0 amide bonds. The van der Waals surface area contributed by atoms with Crippen LogP contribution in [0.3, 0.4) is 0 Å². The number of hydrogen-bond donors (Lipinski definition) is 0. The fourth-order valence-corrected chi connectivity index (χ4v) is 1.16. The minimum absolute atomic E-state index is 0.117. The zero-order valence-electron chi connectivity index (χ0n) is 7.97. The summed E-state index contributed by atoms with van der Waals surface area (Å²) in [6.45, 7) is 0. The van der Waals surface area contributed by atoms with Crippen molar-refractivity contribution in [2.45, 2.75) is 0 Å². The summed E-state index contributed by atoms with van der Waals surface area (Å²) in [5.74, 6) is 0.373. The van der Waals surface area contributed by atoms with Crippen LogP contribution in [-0.4, -0.2) is 4.98 Å². The van der Waals surface area contributed by atoms with Crippen LogP contribution in [0.5, 0.6) is 11.7 Å². The molecule has 0 aliphatic heterocycles. The van der Waals surface area contributed by atoms with E-state index in [4.69, 9.17) is 19.7 Å². The number of nitrogens with zero attached hydrogens (tertiary/aromatic N) is 3. The number of rotatable bonds is 2. The van der Waals surface area contributed by atoms with Gasteiger partial charge in [0, 0.05) is 0 Å². The van der Waals surface area contributed by atoms with E-state index in [1.807, 2.05) is 12.1 Å². The number of hydrogen-bond acceptors (Lipinski definition) is 5. The molecule has 0 fully saturated rings. The van der Waals surface area contributed by atoms with Gasteiger partial charge >= 0.3 is 5.95 Å². The molecule has 0 aliphatic carbocycles. The Morgan fingerprint density at radius 2 is 2.19 bits per heavy atom. The van der Waals surface area contributed by atoms with Crippen LogP contribution in [0, 0.1) is 29.1 Å². The Morgan fingerprint density at radius 3 is 2.81 bits per heavy atom. The lowest BCUT2D eigenvalue weighted by molar-refractivity contribution is 0.342. The first-order valence-corrected chi connectivity index (χ1v) is 4.28. The molecule has 0 N–H and O–H groups in total. The fourth-order valence-electron chi connectivity index (χ4n) is 1.16. The van der Waals surface area contributed by atoms with Crippen LogP contribution in [0.1, 0.15) is 11.1 Å². The zero-order valence-corrected chi connectivity index (χ0v) is 7.97. The molecule has 0 atom stereocenters. The largest absolute Gasteiger partial charge is 0.423 e. The molecular weight excluding hydrogens is 206 g/mol. The quantitative estimate of drug-likeness (QED) is 0.756. The highest BCUT2D eigenvalue weighted by molar-refractivity contribution is 5.54. The lowest BCUT2D eigenvalue weighted by Gasteiger charge is -2.03. The predicted octanol–water partition coefficient (Wildman–Crippen LogP) is 2.01. The second kappa shape index (κ2) is 4.16. The average molecular weight is 210 g/mol. The zero-order chi connectivity index (χ0) is 11.4. The van der Waals surface area contributed by atoms with Crippen molar-refractivity contribution in [3.8, 4) is 23.8 Å². The number of aromatic nitrogens is 1. The molecule has 1 aromatic heterocycles. The van der Waals surface area contributed by atoms with Crippen molar-refractivity contribution in [3.63, 3.8) is 0 Å². The lowest BCUT2D eigenvalue weighted by Crippen LogP contribution is -1.90. The van der Waals surface area contributed by atoms with Crippen LogP contribution in [0.4, 0.5) is 0 Å². The van der Waals surface area contributed by atoms with Crippen molar-refractivity contribution in [1.82, 2.24) is 4.98 Å². The van der Waals surface area contributed by atoms with Gasteiger partial charge in [0.05, 0.1) is 5.56 Å². The summed E-state index contributed by atoms with van der Waals surface area (Å²) in [5, 5.41) is 17.7. The van der Waals surface area contributed by atoms with Crippen molar-refractivity contribution >= 4 is 0 Å². The standard InChI is InChI=1S/C11H4N3O2/c12-4-8-2-1-3-10(9(8)5-13)16-11-6-14-7-15-11/h1-3,6H. The van der Waals surface area contributed by atoms with Crippen LogP contribution in [-0.2, 0) is 0 Å². The molecule has 1 radical (unpaired) electrons. The molecule has 1 heterocycles. The summed E-state index contributed by atoms with van der Waals surface area (Å²) >= 11 is 0. The van der Waals surface area contributed by atoms with Crippen molar-refractivity contribution in [1.29, 1.82) is 10.5 Å². The van der Waals surface area contributed by atoms with E-state index in [1.165, 1.54) is 12.3 Å². The van der Waals surface area contributed by atoms with Crippen LogP contribution >= 0.6 is 0 Å². The van der Waals surface area contributed by atoms with Gasteiger partial charge < -0.3 is 9.15 Å². The highest BCUT2D eigenvalue weighted by Crippen LogP contribution is 2.26. The molecule has 0 bridgehead atoms. The van der Waals surface area contributed by atoms with E-state index in [1.54, 1.807) is 12.1 Å². The van der Waals surface area contributed by atoms with E-state index >= 15 is 0 Å². The van der Waals surface area contributed by atoms with E-state index < -0.39 is 0 Å². The number of ether oxygens (including phenoxy) is 1. The Bertz CT molecular complexity index is 576. The first-order valence-electron chi connectivity index (χ1n) is 4.28. The molecule has 0 spiro atoms. The second-order valence-electron chi connectivity index (χ2n) is 2.77. The summed E-state index contributed by atoms with van der Waals surface area (Å²) in [7, 11) is 0. The first kappa shape index (κ1) is 9.75. The van der Waals surface area contributed by atoms with Crippen LogP contribution in [0.15, 0.2) is 28.8 Å². The van der Waals surface area contributed by atoms with Gasteiger partial charge in [-0.3, -0.25) is 0 Å². The minimum Gasteiger partial charge on any atom is -0.423 e. The smallest absolute Gasteiger partial charge is 0.311 e. The number of nitriles is 2. The minimum atomic E-state index is 0.117. The molecule has 5 nitrogen and oxygen atoms in total. The Morgan fingerprint density at radius 1 is 1.31 bits per heavy atom. The van der Waals surface area contributed by atoms with Crippen molar-refractivity contribution in [2.24, 2.45) is 0 Å². The highest BCUT2D eigenvalue weighted by Gasteiger charge is 2.10. The molecule has 1 aromatic carbocycles. The topological polar surface area (TPSA) is 82.8 Å². The lowest BCUT2D eigenvalue weighted by atomic mass is 10.1. The van der Waals surface area contributed by atoms with E-state index in [0.29, 0.717) is 0 Å². The van der Waals surface area contributed by atoms with Gasteiger partial charge in [0.25, 0.3) is 6.39 Å². The summed E-state index contributed by atoms with van der Waals surface area (Å²) in [5.41, 5.74) is 0.421. The first-order chi connectivity index (χ1) is 7.85. The van der Waals surface area contributed by atoms with E-state index in [2.05, 4.69) is 11.4 Å². The molecule has 75 valence electrons. The van der Waals surface area contributed by atoms with E-state index in [-0.39, 0.29) is 22.8 Å². The SMILES string of the molecule is N#Cc1cccc(Oc2cn[c]o2)c1C#N. The molecule has 5 heteroatoms. The van der Waals surface area contributed by atoms with Crippen molar-refractivity contribution < 1.29 is 9.15 Å². The van der Waals surface area contributed by atoms with Gasteiger partial charge in [-0.05, 0) is 12.1 Å². The Labute approximate surface area is 91.1 Å². The highest BCUT2D eigenvalue weighted by atomic mass is 16.6. The molecule has 0 saturated carbocycles. The van der Waals surface area contributed by atoms with Gasteiger partial charge in [-0.2, -0.15) is 10.5 Å². The average Bonchev–Trinajstić information content (AvgIpc) is 2.81. The molecule has 2 rings (SSSR count). The molecule has 2 aromatic rings. The Kier molecular flexibility index (Phi) is 2.53. The van der Waals surface area contributed by atoms with Gasteiger partial charge in [-0.25, -0.2) is 4.98 Å². The van der Waals surface area contributed by atoms with Gasteiger partial charge in [-0.15, -0.1) is 0 Å².